The van der Waals surface area contributed by atoms with Gasteiger partial charge in [-0.15, -0.1) is 0 Å². The van der Waals surface area contributed by atoms with Crippen molar-refractivity contribution in [1.29, 1.82) is 0 Å². The monoisotopic (exact) mass is 305 g/mol. The molecule has 0 aliphatic heterocycles. The summed E-state index contributed by atoms with van der Waals surface area (Å²) in [6, 6.07) is 6.38. The third-order valence-corrected chi connectivity index (χ3v) is 3.42. The Labute approximate surface area is 130 Å². The Morgan fingerprint density at radius 1 is 1.32 bits per heavy atom. The van der Waals surface area contributed by atoms with Crippen LogP contribution < -0.4 is 14.8 Å². The van der Waals surface area contributed by atoms with E-state index in [1.54, 1.807) is 14.0 Å². The molecule has 0 bridgehead atoms. The Kier molecular flexibility index (Phi) is 5.77. The molecule has 0 radical (unpaired) electrons. The topological polar surface area (TPSA) is 69.4 Å². The number of hydrogen-bond acceptors (Lipinski definition) is 6. The number of rotatable bonds is 8. The molecular weight excluding hydrogens is 282 g/mol. The molecule has 2 rings (SSSR count). The lowest BCUT2D eigenvalue weighted by molar-refractivity contribution is 0.233. The van der Waals surface area contributed by atoms with Crippen LogP contribution in [-0.2, 0) is 13.2 Å². The van der Waals surface area contributed by atoms with E-state index in [4.69, 9.17) is 14.0 Å². The van der Waals surface area contributed by atoms with Crippen molar-refractivity contribution >= 4 is 0 Å². The lowest BCUT2D eigenvalue weighted by Crippen LogP contribution is -2.24. The first-order valence-corrected chi connectivity index (χ1v) is 7.44. The quantitative estimate of drug-likeness (QED) is 0.808. The van der Waals surface area contributed by atoms with Crippen molar-refractivity contribution in [1.82, 2.24) is 15.5 Å². The standard InChI is InChI=1S/C16H23N3O3/c1-5-11(2)17-9-13-6-7-14(15(8-13)20-4)21-10-16-18-12(3)19-22-16/h6-8,11,17H,5,9-10H2,1-4H3. The summed E-state index contributed by atoms with van der Waals surface area (Å²) < 4.78 is 16.1. The molecule has 1 heterocycles. The van der Waals surface area contributed by atoms with Crippen molar-refractivity contribution < 1.29 is 14.0 Å². The molecule has 1 aromatic carbocycles. The number of hydrogen-bond donors (Lipinski definition) is 1. The van der Waals surface area contributed by atoms with Gasteiger partial charge in [0.05, 0.1) is 7.11 Å². The lowest BCUT2D eigenvalue weighted by atomic mass is 10.1. The molecular formula is C16H23N3O3. The fourth-order valence-electron chi connectivity index (χ4n) is 1.92. The molecule has 0 fully saturated rings. The lowest BCUT2D eigenvalue weighted by Gasteiger charge is -2.14. The summed E-state index contributed by atoms with van der Waals surface area (Å²) >= 11 is 0. The van der Waals surface area contributed by atoms with Crippen LogP contribution in [0.5, 0.6) is 11.5 Å². The van der Waals surface area contributed by atoms with E-state index in [0.29, 0.717) is 29.3 Å². The molecule has 22 heavy (non-hydrogen) atoms. The third kappa shape index (κ3) is 4.46. The zero-order valence-electron chi connectivity index (χ0n) is 13.5. The summed E-state index contributed by atoms with van der Waals surface area (Å²) in [7, 11) is 1.63. The molecule has 120 valence electrons. The number of ether oxygens (including phenoxy) is 2. The highest BCUT2D eigenvalue weighted by Gasteiger charge is 2.09. The number of aryl methyl sites for hydroxylation is 1. The highest BCUT2D eigenvalue weighted by atomic mass is 16.5. The van der Waals surface area contributed by atoms with Crippen molar-refractivity contribution in [2.24, 2.45) is 0 Å². The minimum atomic E-state index is 0.224. The normalized spacial score (nSPS) is 12.2. The summed E-state index contributed by atoms with van der Waals surface area (Å²) in [6.07, 6.45) is 1.10. The maximum Gasteiger partial charge on any atom is 0.264 e. The molecule has 0 aliphatic carbocycles. The van der Waals surface area contributed by atoms with Gasteiger partial charge in [0.25, 0.3) is 5.89 Å². The molecule has 1 aromatic heterocycles. The van der Waals surface area contributed by atoms with Gasteiger partial charge in [-0.05, 0) is 38.0 Å². The summed E-state index contributed by atoms with van der Waals surface area (Å²) in [5, 5.41) is 7.18. The van der Waals surface area contributed by atoms with Crippen LogP contribution in [0.2, 0.25) is 0 Å². The summed E-state index contributed by atoms with van der Waals surface area (Å²) in [5.41, 5.74) is 1.15. The molecule has 6 heteroatoms. The third-order valence-electron chi connectivity index (χ3n) is 3.42. The Balaban J connectivity index is 1.99. The number of methoxy groups -OCH3 is 1. The zero-order valence-corrected chi connectivity index (χ0v) is 13.5. The highest BCUT2D eigenvalue weighted by Crippen LogP contribution is 2.28. The molecule has 6 nitrogen and oxygen atoms in total. The second-order valence-electron chi connectivity index (χ2n) is 5.20. The molecule has 1 unspecified atom stereocenters. The van der Waals surface area contributed by atoms with Crippen LogP contribution in [0.3, 0.4) is 0 Å². The second kappa shape index (κ2) is 7.79. The number of nitrogens with one attached hydrogen (secondary N) is 1. The first-order valence-electron chi connectivity index (χ1n) is 7.44. The maximum atomic E-state index is 5.69. The SMILES string of the molecule is CCC(C)NCc1ccc(OCc2nc(C)no2)c(OC)c1. The van der Waals surface area contributed by atoms with Crippen LogP contribution in [0.25, 0.3) is 0 Å². The smallest absolute Gasteiger partial charge is 0.264 e. The molecule has 0 saturated heterocycles. The Morgan fingerprint density at radius 3 is 2.77 bits per heavy atom. The van der Waals surface area contributed by atoms with Gasteiger partial charge < -0.3 is 19.3 Å². The van der Waals surface area contributed by atoms with E-state index in [1.807, 2.05) is 18.2 Å². The second-order valence-corrected chi connectivity index (χ2v) is 5.20. The van der Waals surface area contributed by atoms with Crippen molar-refractivity contribution in [3.05, 3.63) is 35.5 Å². The molecule has 0 spiro atoms. The fourth-order valence-corrected chi connectivity index (χ4v) is 1.92. The first kappa shape index (κ1) is 16.3. The average Bonchev–Trinajstić information content (AvgIpc) is 2.96. The first-order chi connectivity index (χ1) is 10.6. The van der Waals surface area contributed by atoms with Gasteiger partial charge in [0.2, 0.25) is 0 Å². The number of benzene rings is 1. The summed E-state index contributed by atoms with van der Waals surface area (Å²) in [5.74, 6) is 2.39. The van der Waals surface area contributed by atoms with Crippen molar-refractivity contribution in [2.45, 2.75) is 46.4 Å². The van der Waals surface area contributed by atoms with Gasteiger partial charge in [-0.25, -0.2) is 0 Å². The van der Waals surface area contributed by atoms with E-state index in [0.717, 1.165) is 18.5 Å². The van der Waals surface area contributed by atoms with Crippen molar-refractivity contribution in [3.63, 3.8) is 0 Å². The van der Waals surface area contributed by atoms with Gasteiger partial charge in [-0.2, -0.15) is 4.98 Å². The molecule has 0 aliphatic rings. The van der Waals surface area contributed by atoms with Gasteiger partial charge in [0, 0.05) is 12.6 Å². The number of nitrogens with zero attached hydrogens (tertiary/aromatic N) is 2. The fraction of sp³-hybridized carbons (Fsp3) is 0.500. The van der Waals surface area contributed by atoms with Crippen LogP contribution in [0, 0.1) is 6.92 Å². The highest BCUT2D eigenvalue weighted by molar-refractivity contribution is 5.43. The van der Waals surface area contributed by atoms with E-state index in [1.165, 1.54) is 0 Å². The molecule has 1 atom stereocenters. The summed E-state index contributed by atoms with van der Waals surface area (Å²) in [6.45, 7) is 7.12. The van der Waals surface area contributed by atoms with E-state index in [2.05, 4.69) is 29.3 Å². The van der Waals surface area contributed by atoms with Crippen LogP contribution in [-0.4, -0.2) is 23.3 Å². The van der Waals surface area contributed by atoms with E-state index < -0.39 is 0 Å². The van der Waals surface area contributed by atoms with Gasteiger partial charge in [0.15, 0.2) is 23.9 Å². The maximum absolute atomic E-state index is 5.69. The van der Waals surface area contributed by atoms with Gasteiger partial charge in [0.1, 0.15) is 0 Å². The van der Waals surface area contributed by atoms with Gasteiger partial charge in [-0.3, -0.25) is 0 Å². The predicted octanol–water partition coefficient (Wildman–Crippen LogP) is 2.85. The van der Waals surface area contributed by atoms with Crippen LogP contribution in [0.15, 0.2) is 22.7 Å². The van der Waals surface area contributed by atoms with E-state index in [-0.39, 0.29) is 6.61 Å². The van der Waals surface area contributed by atoms with Gasteiger partial charge >= 0.3 is 0 Å². The summed E-state index contributed by atoms with van der Waals surface area (Å²) in [4.78, 5) is 4.10. The zero-order chi connectivity index (χ0) is 15.9. The van der Waals surface area contributed by atoms with E-state index >= 15 is 0 Å². The average molecular weight is 305 g/mol. The minimum Gasteiger partial charge on any atom is -0.493 e. The minimum absolute atomic E-state index is 0.224. The molecule has 0 amide bonds. The van der Waals surface area contributed by atoms with Crippen LogP contribution in [0.1, 0.15) is 37.5 Å². The largest absolute Gasteiger partial charge is 0.493 e. The molecule has 1 N–H and O–H groups in total. The van der Waals surface area contributed by atoms with Crippen LogP contribution >= 0.6 is 0 Å². The van der Waals surface area contributed by atoms with Crippen molar-refractivity contribution in [2.75, 3.05) is 7.11 Å². The molecule has 0 saturated carbocycles. The Bertz CT molecular complexity index is 598. The van der Waals surface area contributed by atoms with Crippen molar-refractivity contribution in [3.8, 4) is 11.5 Å². The molecule has 2 aromatic rings. The Hall–Kier alpha value is -2.08. The predicted molar refractivity (Wildman–Crippen MR) is 83.0 cm³/mol. The van der Waals surface area contributed by atoms with Crippen LogP contribution in [0.4, 0.5) is 0 Å². The van der Waals surface area contributed by atoms with Gasteiger partial charge in [-0.1, -0.05) is 18.1 Å². The van der Waals surface area contributed by atoms with E-state index in [9.17, 15) is 0 Å². The Morgan fingerprint density at radius 2 is 2.14 bits per heavy atom. The number of aromatic nitrogens is 2.